The highest BCUT2D eigenvalue weighted by Gasteiger charge is 2.37. The van der Waals surface area contributed by atoms with Crippen molar-refractivity contribution in [1.29, 1.82) is 0 Å². The van der Waals surface area contributed by atoms with Crippen molar-refractivity contribution in [3.8, 4) is 9.88 Å². The molecule has 0 unspecified atom stereocenters. The largest absolute Gasteiger partial charge is 0.434 e. The summed E-state index contributed by atoms with van der Waals surface area (Å²) in [6.45, 7) is 4.92. The topological polar surface area (TPSA) is 24.9 Å². The first-order chi connectivity index (χ1) is 9.38. The third-order valence-corrected chi connectivity index (χ3v) is 4.63. The van der Waals surface area contributed by atoms with Gasteiger partial charge in [0.15, 0.2) is 5.69 Å². The van der Waals surface area contributed by atoms with Gasteiger partial charge in [0.2, 0.25) is 0 Å². The van der Waals surface area contributed by atoms with Crippen LogP contribution in [0.2, 0.25) is 0 Å². The summed E-state index contributed by atoms with van der Waals surface area (Å²) in [5, 5.41) is 5.32. The maximum Gasteiger partial charge on any atom is 0.434 e. The van der Waals surface area contributed by atoms with Crippen LogP contribution in [0.3, 0.4) is 0 Å². The number of hydrogen-bond acceptors (Lipinski definition) is 4. The molecule has 0 atom stereocenters. The third-order valence-electron chi connectivity index (χ3n) is 2.54. The van der Waals surface area contributed by atoms with Crippen molar-refractivity contribution in [1.82, 2.24) is 10.3 Å². The highest BCUT2D eigenvalue weighted by Crippen LogP contribution is 2.38. The molecule has 0 radical (unpaired) electrons. The molecule has 0 aliphatic heterocycles. The highest BCUT2D eigenvalue weighted by molar-refractivity contribution is 7.21. The van der Waals surface area contributed by atoms with Gasteiger partial charge < -0.3 is 5.32 Å². The first kappa shape index (κ1) is 15.5. The van der Waals surface area contributed by atoms with Crippen molar-refractivity contribution in [2.45, 2.75) is 26.6 Å². The van der Waals surface area contributed by atoms with E-state index < -0.39 is 11.9 Å². The highest BCUT2D eigenvalue weighted by atomic mass is 32.1. The first-order valence-corrected chi connectivity index (χ1v) is 7.89. The van der Waals surface area contributed by atoms with Gasteiger partial charge in [-0.1, -0.05) is 19.9 Å². The molecule has 110 valence electrons. The molecule has 2 aromatic rings. The fourth-order valence-corrected chi connectivity index (χ4v) is 3.52. The van der Waals surface area contributed by atoms with E-state index in [0.29, 0.717) is 17.5 Å². The number of rotatable bonds is 5. The summed E-state index contributed by atoms with van der Waals surface area (Å²) >= 11 is 2.51. The Bertz CT molecular complexity index is 544. The smallest absolute Gasteiger partial charge is 0.312 e. The quantitative estimate of drug-likeness (QED) is 0.868. The van der Waals surface area contributed by atoms with E-state index in [2.05, 4.69) is 10.3 Å². The van der Waals surface area contributed by atoms with E-state index >= 15 is 0 Å². The lowest BCUT2D eigenvalue weighted by molar-refractivity contribution is -0.141. The molecule has 2 aromatic heterocycles. The number of nitrogens with zero attached hydrogens (tertiary/aromatic N) is 1. The number of hydrogen-bond donors (Lipinski definition) is 1. The fraction of sp³-hybridized carbons (Fsp3) is 0.462. The summed E-state index contributed by atoms with van der Waals surface area (Å²) in [5.41, 5.74) is -0.762. The normalized spacial score (nSPS) is 12.3. The van der Waals surface area contributed by atoms with Crippen LogP contribution in [-0.2, 0) is 12.7 Å². The minimum Gasteiger partial charge on any atom is -0.312 e. The van der Waals surface area contributed by atoms with Crippen molar-refractivity contribution in [2.75, 3.05) is 6.54 Å². The molecule has 2 rings (SSSR count). The second-order valence-corrected chi connectivity index (χ2v) is 6.82. The average molecular weight is 320 g/mol. The van der Waals surface area contributed by atoms with Gasteiger partial charge in [-0.15, -0.1) is 22.7 Å². The second-order valence-electron chi connectivity index (χ2n) is 4.79. The van der Waals surface area contributed by atoms with Gasteiger partial charge in [-0.25, -0.2) is 4.98 Å². The van der Waals surface area contributed by atoms with Crippen LogP contribution in [0.25, 0.3) is 9.88 Å². The molecular weight excluding hydrogens is 305 g/mol. The molecule has 2 nitrogen and oxygen atoms in total. The van der Waals surface area contributed by atoms with Crippen molar-refractivity contribution < 1.29 is 13.2 Å². The van der Waals surface area contributed by atoms with E-state index in [4.69, 9.17) is 0 Å². The van der Waals surface area contributed by atoms with Gasteiger partial charge in [-0.3, -0.25) is 0 Å². The lowest BCUT2D eigenvalue weighted by Gasteiger charge is -2.08. The van der Waals surface area contributed by atoms with Gasteiger partial charge in [-0.2, -0.15) is 13.2 Å². The van der Waals surface area contributed by atoms with Crippen molar-refractivity contribution in [3.63, 3.8) is 0 Å². The maximum absolute atomic E-state index is 13.0. The van der Waals surface area contributed by atoms with Crippen LogP contribution >= 0.6 is 22.7 Å². The Hall–Kier alpha value is -0.920. The summed E-state index contributed by atoms with van der Waals surface area (Å²) in [6.07, 6.45) is -4.40. The SMILES string of the molecule is CC(C)CNCc1sc(-c2cccs2)nc1C(F)(F)F. The van der Waals surface area contributed by atoms with Gasteiger partial charge in [0.25, 0.3) is 0 Å². The van der Waals surface area contributed by atoms with E-state index in [1.54, 1.807) is 6.07 Å². The number of thiazole rings is 1. The number of aromatic nitrogens is 1. The summed E-state index contributed by atoms with van der Waals surface area (Å²) in [6, 6.07) is 3.60. The standard InChI is InChI=1S/C13H15F3N2S2/c1-8(2)6-17-7-10-11(13(14,15)16)18-12(20-10)9-4-3-5-19-9/h3-5,8,17H,6-7H2,1-2H3. The lowest BCUT2D eigenvalue weighted by atomic mass is 10.2. The Kier molecular flexibility index (Phi) is 4.82. The molecular formula is C13H15F3N2S2. The van der Waals surface area contributed by atoms with E-state index in [-0.39, 0.29) is 11.4 Å². The second kappa shape index (κ2) is 6.24. The van der Waals surface area contributed by atoms with Crippen molar-refractivity contribution in [3.05, 3.63) is 28.1 Å². The molecule has 0 aliphatic rings. The first-order valence-electron chi connectivity index (χ1n) is 6.19. The Morgan fingerprint density at radius 1 is 1.35 bits per heavy atom. The van der Waals surface area contributed by atoms with E-state index in [1.165, 1.54) is 11.3 Å². The molecule has 0 bridgehead atoms. The molecule has 0 aliphatic carbocycles. The van der Waals surface area contributed by atoms with E-state index in [1.807, 2.05) is 25.3 Å². The molecule has 7 heteroatoms. The minimum atomic E-state index is -4.40. The van der Waals surface area contributed by atoms with Crippen LogP contribution in [0.1, 0.15) is 24.4 Å². The Morgan fingerprint density at radius 3 is 2.65 bits per heavy atom. The zero-order valence-corrected chi connectivity index (χ0v) is 12.8. The molecule has 0 saturated heterocycles. The Morgan fingerprint density at radius 2 is 2.10 bits per heavy atom. The lowest BCUT2D eigenvalue weighted by Crippen LogP contribution is -2.20. The molecule has 0 saturated carbocycles. The molecule has 1 N–H and O–H groups in total. The monoisotopic (exact) mass is 320 g/mol. The molecule has 20 heavy (non-hydrogen) atoms. The summed E-state index contributed by atoms with van der Waals surface area (Å²) < 4.78 is 39.0. The van der Waals surface area contributed by atoms with Gasteiger partial charge in [-0.05, 0) is 23.9 Å². The molecule has 0 amide bonds. The Labute approximate surface area is 123 Å². The van der Waals surface area contributed by atoms with Crippen LogP contribution in [0.5, 0.6) is 0 Å². The van der Waals surface area contributed by atoms with Crippen LogP contribution in [-0.4, -0.2) is 11.5 Å². The van der Waals surface area contributed by atoms with Crippen LogP contribution in [0, 0.1) is 5.92 Å². The molecule has 0 fully saturated rings. The van der Waals surface area contributed by atoms with Gasteiger partial charge in [0, 0.05) is 6.54 Å². The minimum absolute atomic E-state index is 0.204. The van der Waals surface area contributed by atoms with Crippen molar-refractivity contribution >= 4 is 22.7 Å². The van der Waals surface area contributed by atoms with E-state index in [9.17, 15) is 13.2 Å². The summed E-state index contributed by atoms with van der Waals surface area (Å²) in [5.74, 6) is 0.397. The Balaban J connectivity index is 2.24. The zero-order valence-electron chi connectivity index (χ0n) is 11.1. The van der Waals surface area contributed by atoms with Crippen LogP contribution < -0.4 is 5.32 Å². The van der Waals surface area contributed by atoms with Gasteiger partial charge in [0.05, 0.1) is 9.75 Å². The number of thiophene rings is 1. The number of alkyl halides is 3. The van der Waals surface area contributed by atoms with Crippen molar-refractivity contribution in [2.24, 2.45) is 5.92 Å². The number of nitrogens with one attached hydrogen (secondary N) is 1. The molecule has 2 heterocycles. The summed E-state index contributed by atoms with van der Waals surface area (Å²) in [7, 11) is 0. The predicted molar refractivity (Wildman–Crippen MR) is 77.0 cm³/mol. The maximum atomic E-state index is 13.0. The average Bonchev–Trinajstić information content (AvgIpc) is 2.94. The van der Waals surface area contributed by atoms with Gasteiger partial charge >= 0.3 is 6.18 Å². The number of halogens is 3. The fourth-order valence-electron chi connectivity index (χ4n) is 1.67. The summed E-state index contributed by atoms with van der Waals surface area (Å²) in [4.78, 5) is 4.81. The van der Waals surface area contributed by atoms with Crippen LogP contribution in [0.4, 0.5) is 13.2 Å². The zero-order chi connectivity index (χ0) is 14.8. The molecule has 0 aromatic carbocycles. The van der Waals surface area contributed by atoms with E-state index in [0.717, 1.165) is 16.2 Å². The van der Waals surface area contributed by atoms with Gasteiger partial charge in [0.1, 0.15) is 5.01 Å². The molecule has 0 spiro atoms. The van der Waals surface area contributed by atoms with Crippen LogP contribution in [0.15, 0.2) is 17.5 Å². The third kappa shape index (κ3) is 3.80. The predicted octanol–water partition coefficient (Wildman–Crippen LogP) is 4.64.